The van der Waals surface area contributed by atoms with Gasteiger partial charge in [-0.15, -0.1) is 0 Å². The molecule has 0 unspecified atom stereocenters. The summed E-state index contributed by atoms with van der Waals surface area (Å²) in [5, 5.41) is 9.32. The highest BCUT2D eigenvalue weighted by Crippen LogP contribution is 2.32. The van der Waals surface area contributed by atoms with Crippen LogP contribution >= 0.6 is 11.6 Å². The van der Waals surface area contributed by atoms with Crippen molar-refractivity contribution in [2.24, 2.45) is 5.73 Å². The predicted octanol–water partition coefficient (Wildman–Crippen LogP) is 3.29. The Balaban J connectivity index is 0.000000221. The minimum atomic E-state index is -0.962. The van der Waals surface area contributed by atoms with E-state index >= 15 is 0 Å². The number of aliphatic carboxylic acids is 1. The second kappa shape index (κ2) is 13.0. The Labute approximate surface area is 216 Å². The molecule has 0 atom stereocenters. The number of hydrogen-bond acceptors (Lipinski definition) is 7. The summed E-state index contributed by atoms with van der Waals surface area (Å²) in [6.07, 6.45) is 2.88. The van der Waals surface area contributed by atoms with Crippen molar-refractivity contribution in [2.75, 3.05) is 58.5 Å². The Kier molecular flexibility index (Phi) is 9.84. The molecule has 4 rings (SSSR count). The molecule has 9 nitrogen and oxygen atoms in total. The molecule has 1 fully saturated rings. The number of fused-ring (bicyclic) bond motifs is 1. The van der Waals surface area contributed by atoms with Crippen molar-refractivity contribution in [2.45, 2.75) is 12.8 Å². The highest BCUT2D eigenvalue weighted by atomic mass is 35.5. The van der Waals surface area contributed by atoms with Crippen LogP contribution in [-0.4, -0.2) is 75.4 Å². The number of carboxylic acids is 1. The summed E-state index contributed by atoms with van der Waals surface area (Å²) in [7, 11) is 3.29. The molecular formula is C26H32ClN3O6. The van der Waals surface area contributed by atoms with E-state index < -0.39 is 5.97 Å². The average molecular weight is 518 g/mol. The average Bonchev–Trinajstić information content (AvgIpc) is 2.88. The first-order chi connectivity index (χ1) is 17.3. The zero-order valence-corrected chi connectivity index (χ0v) is 21.3. The number of methoxy groups -OCH3 is 2. The number of anilines is 1. The van der Waals surface area contributed by atoms with Gasteiger partial charge in [0.05, 0.1) is 19.8 Å². The number of carbonyl (C=O) groups is 2. The van der Waals surface area contributed by atoms with E-state index in [9.17, 15) is 9.59 Å². The van der Waals surface area contributed by atoms with Gasteiger partial charge in [-0.1, -0.05) is 11.6 Å². The fraction of sp³-hybridized carbons (Fsp3) is 0.385. The van der Waals surface area contributed by atoms with Crippen LogP contribution in [0.25, 0.3) is 6.08 Å². The number of hydrogen-bond donors (Lipinski definition) is 2. The van der Waals surface area contributed by atoms with Crippen molar-refractivity contribution in [1.82, 2.24) is 4.90 Å². The molecule has 0 radical (unpaired) electrons. The molecule has 0 bridgehead atoms. The Hall–Kier alpha value is -3.43. The quantitative estimate of drug-likeness (QED) is 0.548. The largest absolute Gasteiger partial charge is 0.493 e. The third kappa shape index (κ3) is 7.53. The predicted molar refractivity (Wildman–Crippen MR) is 139 cm³/mol. The Bertz CT molecular complexity index is 1100. The van der Waals surface area contributed by atoms with Crippen LogP contribution in [0.3, 0.4) is 0 Å². The summed E-state index contributed by atoms with van der Waals surface area (Å²) in [5.41, 5.74) is 7.26. The van der Waals surface area contributed by atoms with E-state index in [0.717, 1.165) is 56.3 Å². The van der Waals surface area contributed by atoms with Gasteiger partial charge in [0, 0.05) is 54.9 Å². The lowest BCUT2D eigenvalue weighted by molar-refractivity contribution is -0.133. The van der Waals surface area contributed by atoms with Gasteiger partial charge in [0.2, 0.25) is 5.91 Å². The number of amides is 1. The zero-order chi connectivity index (χ0) is 26.1. The van der Waals surface area contributed by atoms with Crippen LogP contribution in [0.1, 0.15) is 18.4 Å². The van der Waals surface area contributed by atoms with Gasteiger partial charge in [-0.25, -0.2) is 4.79 Å². The number of rotatable bonds is 8. The third-order valence-electron chi connectivity index (χ3n) is 5.96. The lowest BCUT2D eigenvalue weighted by Crippen LogP contribution is -2.46. The fourth-order valence-corrected chi connectivity index (χ4v) is 4.18. The second-order valence-corrected chi connectivity index (χ2v) is 8.82. The minimum absolute atomic E-state index is 0.101. The normalized spacial score (nSPS) is 15.0. The van der Waals surface area contributed by atoms with E-state index in [2.05, 4.69) is 15.9 Å². The van der Waals surface area contributed by atoms with E-state index in [-0.39, 0.29) is 18.1 Å². The Morgan fingerprint density at radius 2 is 1.78 bits per heavy atom. The van der Waals surface area contributed by atoms with Crippen LogP contribution in [0, 0.1) is 0 Å². The SMILES string of the molecule is COc1ccc(N2CCN(CCCC(N)=O)CC2)cc1OC.O=C(O)C1=Cc2cc(Cl)ccc2OC1. The minimum Gasteiger partial charge on any atom is -0.493 e. The molecule has 1 amide bonds. The Morgan fingerprint density at radius 1 is 1.06 bits per heavy atom. The standard InChI is InChI=1S/C16H25N3O3.C10H7ClO3/c1-21-14-6-5-13(12-15(14)22-2)19-10-8-18(9-11-19)7-3-4-16(17)20;11-8-1-2-9-6(4-8)3-7(5-14-9)10(12)13/h5-6,12H,3-4,7-11H2,1-2H3,(H2,17,20);1-4H,5H2,(H,12,13). The van der Waals surface area contributed by atoms with Gasteiger partial charge in [-0.3, -0.25) is 9.69 Å². The van der Waals surface area contributed by atoms with Crippen molar-refractivity contribution in [1.29, 1.82) is 0 Å². The van der Waals surface area contributed by atoms with E-state index in [1.54, 1.807) is 38.5 Å². The maximum atomic E-state index is 10.8. The fourth-order valence-electron chi connectivity index (χ4n) is 4.00. The van der Waals surface area contributed by atoms with Gasteiger partial charge in [-0.05, 0) is 49.4 Å². The van der Waals surface area contributed by atoms with Crippen molar-refractivity contribution >= 4 is 35.2 Å². The second-order valence-electron chi connectivity index (χ2n) is 8.38. The van der Waals surface area contributed by atoms with Crippen LogP contribution in [0.4, 0.5) is 5.69 Å². The smallest absolute Gasteiger partial charge is 0.335 e. The first-order valence-corrected chi connectivity index (χ1v) is 12.0. The van der Waals surface area contributed by atoms with Gasteiger partial charge in [0.25, 0.3) is 0 Å². The summed E-state index contributed by atoms with van der Waals surface area (Å²) >= 11 is 5.77. The molecule has 3 N–H and O–H groups in total. The summed E-state index contributed by atoms with van der Waals surface area (Å²) in [6, 6.07) is 11.1. The first-order valence-electron chi connectivity index (χ1n) is 11.6. The Morgan fingerprint density at radius 3 is 2.42 bits per heavy atom. The molecule has 2 aromatic rings. The maximum absolute atomic E-state index is 10.8. The van der Waals surface area contributed by atoms with Gasteiger partial charge in [-0.2, -0.15) is 0 Å². The van der Waals surface area contributed by atoms with Crippen LogP contribution in [0.15, 0.2) is 42.0 Å². The summed E-state index contributed by atoms with van der Waals surface area (Å²) in [5.74, 6) is 0.985. The highest BCUT2D eigenvalue weighted by Gasteiger charge is 2.18. The van der Waals surface area contributed by atoms with Crippen molar-refractivity contribution in [3.8, 4) is 17.2 Å². The first kappa shape index (κ1) is 27.2. The molecular weight excluding hydrogens is 486 g/mol. The number of carbonyl (C=O) groups excluding carboxylic acids is 1. The van der Waals surface area contributed by atoms with Crippen molar-refractivity contribution < 1.29 is 28.9 Å². The van der Waals surface area contributed by atoms with Crippen molar-refractivity contribution in [3.63, 3.8) is 0 Å². The molecule has 36 heavy (non-hydrogen) atoms. The van der Waals surface area contributed by atoms with E-state index in [1.807, 2.05) is 12.1 Å². The molecule has 0 aliphatic carbocycles. The number of primary amides is 1. The van der Waals surface area contributed by atoms with E-state index in [1.165, 1.54) is 0 Å². The van der Waals surface area contributed by atoms with Crippen LogP contribution in [0.5, 0.6) is 17.2 Å². The summed E-state index contributed by atoms with van der Waals surface area (Å²) < 4.78 is 15.9. The molecule has 2 aliphatic rings. The maximum Gasteiger partial charge on any atom is 0.335 e. The van der Waals surface area contributed by atoms with Gasteiger partial charge in [0.15, 0.2) is 11.5 Å². The number of nitrogens with zero attached hydrogens (tertiary/aromatic N) is 2. The molecule has 0 aromatic heterocycles. The zero-order valence-electron chi connectivity index (χ0n) is 20.5. The third-order valence-corrected chi connectivity index (χ3v) is 6.20. The monoisotopic (exact) mass is 517 g/mol. The lowest BCUT2D eigenvalue weighted by Gasteiger charge is -2.36. The number of nitrogens with two attached hydrogens (primary N) is 1. The lowest BCUT2D eigenvalue weighted by atomic mass is 10.1. The number of halogens is 1. The molecule has 2 aliphatic heterocycles. The van der Waals surface area contributed by atoms with E-state index in [4.69, 9.17) is 36.7 Å². The van der Waals surface area contributed by atoms with Gasteiger partial charge in [0.1, 0.15) is 12.4 Å². The molecule has 0 spiro atoms. The molecule has 194 valence electrons. The van der Waals surface area contributed by atoms with Crippen molar-refractivity contribution in [3.05, 3.63) is 52.6 Å². The van der Waals surface area contributed by atoms with Gasteiger partial charge < -0.3 is 30.0 Å². The molecule has 2 aromatic carbocycles. The van der Waals surface area contributed by atoms with Gasteiger partial charge >= 0.3 is 5.97 Å². The molecule has 0 saturated carbocycles. The topological polar surface area (TPSA) is 115 Å². The number of benzene rings is 2. The molecule has 2 heterocycles. The van der Waals surface area contributed by atoms with Crippen LogP contribution in [0.2, 0.25) is 5.02 Å². The van der Waals surface area contributed by atoms with Crippen LogP contribution in [-0.2, 0) is 9.59 Å². The molecule has 1 saturated heterocycles. The summed E-state index contributed by atoms with van der Waals surface area (Å²) in [4.78, 5) is 26.1. The highest BCUT2D eigenvalue weighted by molar-refractivity contribution is 6.30. The number of ether oxygens (including phenoxy) is 3. The molecule has 10 heteroatoms. The number of piperazine rings is 1. The summed E-state index contributed by atoms with van der Waals surface area (Å²) in [6.45, 7) is 4.95. The van der Waals surface area contributed by atoms with E-state index in [0.29, 0.717) is 22.8 Å². The van der Waals surface area contributed by atoms with Crippen LogP contribution < -0.4 is 24.8 Å². The number of carboxylic acid groups (broad SMARTS) is 1.